The van der Waals surface area contributed by atoms with E-state index < -0.39 is 12.0 Å². The predicted octanol–water partition coefficient (Wildman–Crippen LogP) is 5.01. The number of ether oxygens (including phenoxy) is 2. The van der Waals surface area contributed by atoms with Gasteiger partial charge in [0.05, 0.1) is 32.5 Å². The van der Waals surface area contributed by atoms with Crippen LogP contribution in [-0.4, -0.2) is 35.6 Å². The highest BCUT2D eigenvalue weighted by atomic mass is 16.5. The highest BCUT2D eigenvalue weighted by Crippen LogP contribution is 2.43. The summed E-state index contributed by atoms with van der Waals surface area (Å²) in [6, 6.07) is 21.9. The lowest BCUT2D eigenvalue weighted by Crippen LogP contribution is -2.47. The van der Waals surface area contributed by atoms with E-state index in [2.05, 4.69) is 10.3 Å². The average molecular weight is 497 g/mol. The van der Waals surface area contributed by atoms with Crippen LogP contribution in [0, 0.1) is 5.92 Å². The molecule has 8 nitrogen and oxygen atoms in total. The predicted molar refractivity (Wildman–Crippen MR) is 141 cm³/mol. The molecule has 1 N–H and O–H groups in total. The number of carbonyl (C=O) groups is 2. The van der Waals surface area contributed by atoms with Gasteiger partial charge in [-0.2, -0.15) is 0 Å². The van der Waals surface area contributed by atoms with E-state index >= 15 is 0 Å². The van der Waals surface area contributed by atoms with Gasteiger partial charge in [0.1, 0.15) is 11.5 Å². The molecule has 0 radical (unpaired) electrons. The van der Waals surface area contributed by atoms with Crippen LogP contribution in [0.4, 0.5) is 11.4 Å². The van der Waals surface area contributed by atoms with Gasteiger partial charge in [-0.3, -0.25) is 9.59 Å². The summed E-state index contributed by atoms with van der Waals surface area (Å²) in [7, 11) is 3.19. The molecule has 0 unspecified atom stereocenters. The monoisotopic (exact) mass is 496 g/mol. The van der Waals surface area contributed by atoms with Crippen molar-refractivity contribution >= 4 is 23.2 Å². The van der Waals surface area contributed by atoms with Gasteiger partial charge in [0.15, 0.2) is 0 Å². The Hall–Kier alpha value is -4.59. The zero-order valence-corrected chi connectivity index (χ0v) is 20.7. The number of para-hydroxylation sites is 1. The molecule has 37 heavy (non-hydrogen) atoms. The standard InChI is InChI=1S/C29H28N4O4/c1-36-23-13-11-22(12-14-23)33-27(34)16-15-25(28(33)24-5-3-4-6-26(24)37-2)29(35)31-20-7-9-21(10-8-20)32-18-17-30-19-32/h3-14,17-19,25,28H,15-16H2,1-2H3,(H,31,35)/t25-,28+/m1/s1. The number of nitrogens with one attached hydrogen (secondary N) is 1. The number of methoxy groups -OCH3 is 2. The average Bonchev–Trinajstić information content (AvgIpc) is 3.48. The van der Waals surface area contributed by atoms with Crippen molar-refractivity contribution in [2.75, 3.05) is 24.4 Å². The fourth-order valence-corrected chi connectivity index (χ4v) is 4.84. The van der Waals surface area contributed by atoms with Crippen LogP contribution in [0.2, 0.25) is 0 Å². The summed E-state index contributed by atoms with van der Waals surface area (Å²) in [6.07, 6.45) is 5.98. The molecule has 1 fully saturated rings. The Bertz CT molecular complexity index is 1370. The second-order valence-corrected chi connectivity index (χ2v) is 8.80. The minimum absolute atomic E-state index is 0.0465. The Morgan fingerprint density at radius 2 is 1.68 bits per heavy atom. The first kappa shape index (κ1) is 24.1. The van der Waals surface area contributed by atoms with Crippen LogP contribution in [0.5, 0.6) is 11.5 Å². The van der Waals surface area contributed by atoms with Crippen LogP contribution in [0.1, 0.15) is 24.4 Å². The largest absolute Gasteiger partial charge is 0.497 e. The molecule has 0 saturated carbocycles. The molecule has 0 bridgehead atoms. The smallest absolute Gasteiger partial charge is 0.229 e. The molecule has 4 aromatic rings. The van der Waals surface area contributed by atoms with Crippen LogP contribution < -0.4 is 19.7 Å². The van der Waals surface area contributed by atoms with E-state index in [1.165, 1.54) is 0 Å². The second kappa shape index (κ2) is 10.6. The fraction of sp³-hybridized carbons (Fsp3) is 0.207. The van der Waals surface area contributed by atoms with Gasteiger partial charge in [0.25, 0.3) is 0 Å². The summed E-state index contributed by atoms with van der Waals surface area (Å²) in [5.41, 5.74) is 3.10. The third-order valence-corrected chi connectivity index (χ3v) is 6.68. The van der Waals surface area contributed by atoms with Crippen molar-refractivity contribution in [2.45, 2.75) is 18.9 Å². The number of aromatic nitrogens is 2. The number of benzene rings is 3. The normalized spacial score (nSPS) is 17.4. The SMILES string of the molecule is COc1ccc(N2C(=O)CC[C@@H](C(=O)Nc3ccc(-n4ccnc4)cc3)[C@@H]2c2ccccc2OC)cc1. The molecule has 2 atom stereocenters. The fourth-order valence-electron chi connectivity index (χ4n) is 4.84. The molecule has 3 aromatic carbocycles. The molecule has 188 valence electrons. The molecule has 5 rings (SSSR count). The Labute approximate surface area is 215 Å². The Morgan fingerprint density at radius 3 is 2.35 bits per heavy atom. The summed E-state index contributed by atoms with van der Waals surface area (Å²) >= 11 is 0. The molecule has 0 spiro atoms. The number of amides is 2. The molecule has 1 aromatic heterocycles. The van der Waals surface area contributed by atoms with E-state index in [1.807, 2.05) is 83.6 Å². The van der Waals surface area contributed by atoms with Crippen molar-refractivity contribution in [3.8, 4) is 17.2 Å². The van der Waals surface area contributed by atoms with E-state index in [9.17, 15) is 9.59 Å². The van der Waals surface area contributed by atoms with Gasteiger partial charge in [0, 0.05) is 41.4 Å². The van der Waals surface area contributed by atoms with E-state index in [0.29, 0.717) is 29.3 Å². The van der Waals surface area contributed by atoms with Crippen LogP contribution in [0.15, 0.2) is 91.5 Å². The molecular formula is C29H28N4O4. The van der Waals surface area contributed by atoms with Crippen molar-refractivity contribution in [2.24, 2.45) is 5.92 Å². The second-order valence-electron chi connectivity index (χ2n) is 8.80. The molecule has 2 heterocycles. The summed E-state index contributed by atoms with van der Waals surface area (Å²) in [6.45, 7) is 0. The van der Waals surface area contributed by atoms with Gasteiger partial charge in [0.2, 0.25) is 11.8 Å². The number of rotatable bonds is 7. The summed E-state index contributed by atoms with van der Waals surface area (Å²) < 4.78 is 12.8. The van der Waals surface area contributed by atoms with Crippen molar-refractivity contribution in [1.29, 1.82) is 0 Å². The highest BCUT2D eigenvalue weighted by Gasteiger charge is 2.42. The zero-order valence-electron chi connectivity index (χ0n) is 20.7. The molecule has 1 saturated heterocycles. The third-order valence-electron chi connectivity index (χ3n) is 6.68. The molecule has 8 heteroatoms. The molecule has 2 amide bonds. The third kappa shape index (κ3) is 4.91. The van der Waals surface area contributed by atoms with Crippen molar-refractivity contribution in [1.82, 2.24) is 9.55 Å². The first-order valence-corrected chi connectivity index (χ1v) is 12.1. The number of anilines is 2. The minimum Gasteiger partial charge on any atom is -0.497 e. The number of carbonyl (C=O) groups excluding carboxylic acids is 2. The van der Waals surface area contributed by atoms with Gasteiger partial charge < -0.3 is 24.3 Å². The van der Waals surface area contributed by atoms with Crippen LogP contribution >= 0.6 is 0 Å². The van der Waals surface area contributed by atoms with E-state index in [-0.39, 0.29) is 18.2 Å². The lowest BCUT2D eigenvalue weighted by molar-refractivity contribution is -0.125. The topological polar surface area (TPSA) is 85.7 Å². The van der Waals surface area contributed by atoms with Gasteiger partial charge in [-0.15, -0.1) is 0 Å². The molecular weight excluding hydrogens is 468 g/mol. The van der Waals surface area contributed by atoms with Gasteiger partial charge >= 0.3 is 0 Å². The maximum absolute atomic E-state index is 13.7. The Morgan fingerprint density at radius 1 is 0.946 bits per heavy atom. The molecule has 1 aliphatic rings. The Kier molecular flexibility index (Phi) is 6.89. The Balaban J connectivity index is 1.49. The maximum Gasteiger partial charge on any atom is 0.229 e. The van der Waals surface area contributed by atoms with Crippen LogP contribution in [0.25, 0.3) is 5.69 Å². The lowest BCUT2D eigenvalue weighted by Gasteiger charge is -2.41. The van der Waals surface area contributed by atoms with E-state index in [0.717, 1.165) is 11.3 Å². The number of hydrogen-bond acceptors (Lipinski definition) is 5. The highest BCUT2D eigenvalue weighted by molar-refractivity contribution is 6.00. The first-order valence-electron chi connectivity index (χ1n) is 12.1. The number of nitrogens with zero attached hydrogens (tertiary/aromatic N) is 3. The maximum atomic E-state index is 13.7. The van der Waals surface area contributed by atoms with Crippen LogP contribution in [0.3, 0.4) is 0 Å². The number of imidazole rings is 1. The van der Waals surface area contributed by atoms with E-state index in [4.69, 9.17) is 9.47 Å². The minimum atomic E-state index is -0.545. The molecule has 0 aliphatic carbocycles. The zero-order chi connectivity index (χ0) is 25.8. The lowest BCUT2D eigenvalue weighted by atomic mass is 9.82. The van der Waals surface area contributed by atoms with Crippen molar-refractivity contribution < 1.29 is 19.1 Å². The first-order chi connectivity index (χ1) is 18.1. The quantitative estimate of drug-likeness (QED) is 0.389. The number of piperidine rings is 1. The van der Waals surface area contributed by atoms with Gasteiger partial charge in [-0.25, -0.2) is 4.98 Å². The van der Waals surface area contributed by atoms with Crippen LogP contribution in [-0.2, 0) is 9.59 Å². The molecule has 1 aliphatic heterocycles. The van der Waals surface area contributed by atoms with E-state index in [1.54, 1.807) is 31.6 Å². The van der Waals surface area contributed by atoms with Crippen molar-refractivity contribution in [3.05, 3.63) is 97.1 Å². The van der Waals surface area contributed by atoms with Gasteiger partial charge in [-0.05, 0) is 61.0 Å². The summed E-state index contributed by atoms with van der Waals surface area (Å²) in [4.78, 5) is 32.8. The summed E-state index contributed by atoms with van der Waals surface area (Å²) in [5, 5.41) is 3.06. The number of hydrogen-bond donors (Lipinski definition) is 1. The summed E-state index contributed by atoms with van der Waals surface area (Å²) in [5.74, 6) is 0.621. The van der Waals surface area contributed by atoms with Crippen molar-refractivity contribution in [3.63, 3.8) is 0 Å². The van der Waals surface area contributed by atoms with Gasteiger partial charge in [-0.1, -0.05) is 18.2 Å².